The maximum absolute atomic E-state index is 5.51. The topological polar surface area (TPSA) is 24.1 Å². The van der Waals surface area contributed by atoms with Gasteiger partial charge in [0.25, 0.3) is 0 Å². The van der Waals surface area contributed by atoms with Crippen molar-refractivity contribution < 1.29 is 0 Å². The molecule has 3 rings (SSSR count). The van der Waals surface area contributed by atoms with Crippen LogP contribution in [0.2, 0.25) is 0 Å². The molecular formula is C18H22N2S. The number of fused-ring (bicyclic) bond motifs is 1. The van der Waals surface area contributed by atoms with Gasteiger partial charge in [-0.1, -0.05) is 56.2 Å². The molecule has 0 saturated heterocycles. The van der Waals surface area contributed by atoms with Crippen molar-refractivity contribution in [2.45, 2.75) is 38.6 Å². The van der Waals surface area contributed by atoms with Crippen molar-refractivity contribution >= 4 is 33.8 Å². The standard InChI is InChI=1S/C18H22N2S/c1-13-7-2-5-11-16(13)19-18(21)20-17-12-6-9-14-8-3-4-10-15(14)17/h3-4,6,8-10,12-13,16H,2,5,7,11H2,1H3,(H2,19,20,21). The van der Waals surface area contributed by atoms with Crippen LogP contribution in [0.1, 0.15) is 32.6 Å². The first-order valence-electron chi connectivity index (χ1n) is 7.79. The molecule has 0 spiro atoms. The summed E-state index contributed by atoms with van der Waals surface area (Å²) in [5.41, 5.74) is 1.08. The molecule has 1 aliphatic carbocycles. The molecule has 1 fully saturated rings. The van der Waals surface area contributed by atoms with Crippen molar-refractivity contribution in [3.05, 3.63) is 42.5 Å². The Bertz CT molecular complexity index is 633. The minimum atomic E-state index is 0.508. The summed E-state index contributed by atoms with van der Waals surface area (Å²) >= 11 is 5.51. The lowest BCUT2D eigenvalue weighted by Crippen LogP contribution is -2.43. The Balaban J connectivity index is 1.71. The first-order valence-corrected chi connectivity index (χ1v) is 8.20. The van der Waals surface area contributed by atoms with Gasteiger partial charge in [-0.25, -0.2) is 0 Å². The van der Waals surface area contributed by atoms with E-state index < -0.39 is 0 Å². The molecule has 2 nitrogen and oxygen atoms in total. The number of nitrogens with one attached hydrogen (secondary N) is 2. The fourth-order valence-corrected chi connectivity index (χ4v) is 3.45. The van der Waals surface area contributed by atoms with Gasteiger partial charge >= 0.3 is 0 Å². The fourth-order valence-electron chi connectivity index (χ4n) is 3.19. The van der Waals surface area contributed by atoms with Crippen molar-refractivity contribution in [1.29, 1.82) is 0 Å². The predicted molar refractivity (Wildman–Crippen MR) is 94.7 cm³/mol. The highest BCUT2D eigenvalue weighted by molar-refractivity contribution is 7.80. The van der Waals surface area contributed by atoms with Crippen LogP contribution in [-0.2, 0) is 0 Å². The molecule has 3 heteroatoms. The summed E-state index contributed by atoms with van der Waals surface area (Å²) in [7, 11) is 0. The highest BCUT2D eigenvalue weighted by Gasteiger charge is 2.21. The third kappa shape index (κ3) is 3.35. The summed E-state index contributed by atoms with van der Waals surface area (Å²) in [6, 6.07) is 15.2. The van der Waals surface area contributed by atoms with Crippen LogP contribution >= 0.6 is 12.2 Å². The van der Waals surface area contributed by atoms with Crippen LogP contribution in [0.4, 0.5) is 5.69 Å². The quantitative estimate of drug-likeness (QED) is 0.786. The molecule has 2 aromatic rings. The summed E-state index contributed by atoms with van der Waals surface area (Å²) in [4.78, 5) is 0. The zero-order chi connectivity index (χ0) is 14.7. The number of benzene rings is 2. The zero-order valence-electron chi connectivity index (χ0n) is 12.4. The molecule has 2 unspecified atom stereocenters. The number of rotatable bonds is 2. The van der Waals surface area contributed by atoms with Gasteiger partial charge in [0.1, 0.15) is 0 Å². The minimum absolute atomic E-state index is 0.508. The first-order chi connectivity index (χ1) is 10.2. The highest BCUT2D eigenvalue weighted by atomic mass is 32.1. The summed E-state index contributed by atoms with van der Waals surface area (Å²) in [6.07, 6.45) is 5.18. The molecule has 1 aliphatic rings. The van der Waals surface area contributed by atoms with E-state index in [4.69, 9.17) is 12.2 Å². The zero-order valence-corrected chi connectivity index (χ0v) is 13.2. The second-order valence-corrected chi connectivity index (χ2v) is 6.40. The van der Waals surface area contributed by atoms with Crippen molar-refractivity contribution in [2.75, 3.05) is 5.32 Å². The van der Waals surface area contributed by atoms with Gasteiger partial charge in [-0.3, -0.25) is 0 Å². The molecule has 110 valence electrons. The molecule has 2 atom stereocenters. The summed E-state index contributed by atoms with van der Waals surface area (Å²) < 4.78 is 0. The monoisotopic (exact) mass is 298 g/mol. The van der Waals surface area contributed by atoms with Crippen molar-refractivity contribution in [2.24, 2.45) is 5.92 Å². The fraction of sp³-hybridized carbons (Fsp3) is 0.389. The third-order valence-corrected chi connectivity index (χ3v) is 4.69. The van der Waals surface area contributed by atoms with Gasteiger partial charge in [0, 0.05) is 17.1 Å². The molecular weight excluding hydrogens is 276 g/mol. The Kier molecular flexibility index (Phi) is 4.39. The summed E-state index contributed by atoms with van der Waals surface area (Å²) in [6.45, 7) is 2.32. The number of anilines is 1. The Morgan fingerprint density at radius 2 is 1.81 bits per heavy atom. The molecule has 2 N–H and O–H groups in total. The Morgan fingerprint density at radius 3 is 2.67 bits per heavy atom. The van der Waals surface area contributed by atoms with Crippen LogP contribution in [0.3, 0.4) is 0 Å². The van der Waals surface area contributed by atoms with Crippen LogP contribution in [0.5, 0.6) is 0 Å². The largest absolute Gasteiger partial charge is 0.359 e. The Morgan fingerprint density at radius 1 is 1.05 bits per heavy atom. The average Bonchev–Trinajstić information content (AvgIpc) is 2.50. The van der Waals surface area contributed by atoms with E-state index in [1.54, 1.807) is 0 Å². The van der Waals surface area contributed by atoms with Crippen LogP contribution in [0.15, 0.2) is 42.5 Å². The van der Waals surface area contributed by atoms with E-state index in [2.05, 4.69) is 60.0 Å². The van der Waals surface area contributed by atoms with Crippen molar-refractivity contribution in [3.8, 4) is 0 Å². The SMILES string of the molecule is CC1CCCCC1NC(=S)Nc1cccc2ccccc12. The van der Waals surface area contributed by atoms with Gasteiger partial charge in [0.05, 0.1) is 0 Å². The van der Waals surface area contributed by atoms with Crippen molar-refractivity contribution in [3.63, 3.8) is 0 Å². The van der Waals surface area contributed by atoms with E-state index in [-0.39, 0.29) is 0 Å². The van der Waals surface area contributed by atoms with Crippen LogP contribution in [-0.4, -0.2) is 11.2 Å². The number of thiocarbonyl (C=S) groups is 1. The van der Waals surface area contributed by atoms with Gasteiger partial charge in [-0.05, 0) is 42.4 Å². The molecule has 21 heavy (non-hydrogen) atoms. The van der Waals surface area contributed by atoms with E-state index in [1.807, 2.05) is 0 Å². The molecule has 0 radical (unpaired) electrons. The van der Waals surface area contributed by atoms with Gasteiger partial charge in [0.2, 0.25) is 0 Å². The lowest BCUT2D eigenvalue weighted by Gasteiger charge is -2.30. The van der Waals surface area contributed by atoms with Gasteiger partial charge in [0.15, 0.2) is 5.11 Å². The van der Waals surface area contributed by atoms with E-state index in [1.165, 1.54) is 36.5 Å². The van der Waals surface area contributed by atoms with Gasteiger partial charge in [-0.15, -0.1) is 0 Å². The van der Waals surface area contributed by atoms with E-state index in [9.17, 15) is 0 Å². The van der Waals surface area contributed by atoms with E-state index in [0.29, 0.717) is 12.0 Å². The van der Waals surface area contributed by atoms with Gasteiger partial charge in [-0.2, -0.15) is 0 Å². The predicted octanol–water partition coefficient (Wildman–Crippen LogP) is 4.70. The summed E-state index contributed by atoms with van der Waals surface area (Å²) in [5, 5.41) is 10.1. The van der Waals surface area contributed by atoms with Crippen LogP contribution in [0.25, 0.3) is 10.8 Å². The lowest BCUT2D eigenvalue weighted by molar-refractivity contribution is 0.309. The molecule has 0 aromatic heterocycles. The number of hydrogen-bond donors (Lipinski definition) is 2. The van der Waals surface area contributed by atoms with Crippen LogP contribution < -0.4 is 10.6 Å². The molecule has 0 heterocycles. The second-order valence-electron chi connectivity index (χ2n) is 5.99. The molecule has 0 amide bonds. The molecule has 2 aromatic carbocycles. The minimum Gasteiger partial charge on any atom is -0.359 e. The molecule has 0 bridgehead atoms. The molecule has 0 aliphatic heterocycles. The van der Waals surface area contributed by atoms with Crippen molar-refractivity contribution in [1.82, 2.24) is 5.32 Å². The molecule has 1 saturated carbocycles. The van der Waals surface area contributed by atoms with E-state index in [0.717, 1.165) is 10.8 Å². The maximum Gasteiger partial charge on any atom is 0.171 e. The summed E-state index contributed by atoms with van der Waals surface area (Å²) in [5.74, 6) is 0.700. The maximum atomic E-state index is 5.51. The lowest BCUT2D eigenvalue weighted by atomic mass is 9.86. The van der Waals surface area contributed by atoms with Gasteiger partial charge < -0.3 is 10.6 Å². The normalized spacial score (nSPS) is 22.0. The highest BCUT2D eigenvalue weighted by Crippen LogP contribution is 2.25. The Labute approximate surface area is 131 Å². The Hall–Kier alpha value is -1.61. The number of hydrogen-bond acceptors (Lipinski definition) is 1. The van der Waals surface area contributed by atoms with Crippen LogP contribution in [0, 0.1) is 5.92 Å². The third-order valence-electron chi connectivity index (χ3n) is 4.47. The second kappa shape index (κ2) is 6.44. The first kappa shape index (κ1) is 14.3. The smallest absolute Gasteiger partial charge is 0.171 e. The average molecular weight is 298 g/mol. The van der Waals surface area contributed by atoms with E-state index >= 15 is 0 Å².